The Morgan fingerprint density at radius 1 is 1.27 bits per heavy atom. The van der Waals surface area contributed by atoms with Crippen LogP contribution in [0.1, 0.15) is 56.5 Å². The van der Waals surface area contributed by atoms with Crippen LogP contribution in [0.15, 0.2) is 46.6 Å². The van der Waals surface area contributed by atoms with Crippen LogP contribution in [0.4, 0.5) is 0 Å². The van der Waals surface area contributed by atoms with Crippen LogP contribution in [-0.2, 0) is 16.1 Å². The van der Waals surface area contributed by atoms with E-state index in [-0.39, 0.29) is 17.2 Å². The molecule has 2 unspecified atom stereocenters. The highest BCUT2D eigenvalue weighted by molar-refractivity contribution is 7.13. The summed E-state index contributed by atoms with van der Waals surface area (Å²) in [5.74, 6) is -0.137. The Hall–Kier alpha value is -3.00. The Morgan fingerprint density at radius 2 is 2.03 bits per heavy atom. The molecule has 1 N–H and O–H groups in total. The smallest absolute Gasteiger partial charge is 0.243 e. The Labute approximate surface area is 198 Å². The van der Waals surface area contributed by atoms with Gasteiger partial charge in [0, 0.05) is 25.4 Å². The molecule has 2 amide bonds. The predicted molar refractivity (Wildman–Crippen MR) is 128 cm³/mol. The molecule has 1 aromatic carbocycles. The summed E-state index contributed by atoms with van der Waals surface area (Å²) in [6.45, 7) is 8.86. The number of nitrogens with zero attached hydrogens (tertiary/aromatic N) is 3. The number of aromatic nitrogens is 2. The summed E-state index contributed by atoms with van der Waals surface area (Å²) in [6.07, 6.45) is 3.31. The van der Waals surface area contributed by atoms with E-state index in [0.29, 0.717) is 25.3 Å². The number of carbonyl (C=O) groups excluding carboxylic acids is 2. The van der Waals surface area contributed by atoms with Gasteiger partial charge < -0.3 is 14.7 Å². The molecule has 2 aromatic heterocycles. The van der Waals surface area contributed by atoms with E-state index in [4.69, 9.17) is 4.52 Å². The molecule has 0 aliphatic carbocycles. The highest BCUT2D eigenvalue weighted by Gasteiger charge is 2.43. The Bertz CT molecular complexity index is 1100. The van der Waals surface area contributed by atoms with Gasteiger partial charge in [0.15, 0.2) is 0 Å². The number of nitrogens with one attached hydrogen (secondary N) is 1. The van der Waals surface area contributed by atoms with Crippen molar-refractivity contribution in [1.82, 2.24) is 20.4 Å². The van der Waals surface area contributed by atoms with Gasteiger partial charge in [0.1, 0.15) is 17.7 Å². The highest BCUT2D eigenvalue weighted by atomic mass is 32.1. The van der Waals surface area contributed by atoms with Crippen molar-refractivity contribution in [2.75, 3.05) is 6.54 Å². The minimum absolute atomic E-state index is 0.0785. The van der Waals surface area contributed by atoms with E-state index in [1.165, 1.54) is 0 Å². The van der Waals surface area contributed by atoms with Crippen LogP contribution in [0.25, 0.3) is 10.4 Å². The van der Waals surface area contributed by atoms with Crippen molar-refractivity contribution < 1.29 is 14.1 Å². The van der Waals surface area contributed by atoms with Crippen molar-refractivity contribution in [1.29, 1.82) is 0 Å². The van der Waals surface area contributed by atoms with E-state index in [9.17, 15) is 9.59 Å². The summed E-state index contributed by atoms with van der Waals surface area (Å²) in [4.78, 5) is 33.6. The first-order chi connectivity index (χ1) is 15.7. The first kappa shape index (κ1) is 23.2. The lowest BCUT2D eigenvalue weighted by molar-refractivity contribution is -0.142. The quantitative estimate of drug-likeness (QED) is 0.576. The van der Waals surface area contributed by atoms with Crippen molar-refractivity contribution in [2.45, 2.75) is 59.0 Å². The van der Waals surface area contributed by atoms with Crippen LogP contribution in [0.2, 0.25) is 0 Å². The molecule has 0 radical (unpaired) electrons. The van der Waals surface area contributed by atoms with Gasteiger partial charge in [-0.2, -0.15) is 0 Å². The van der Waals surface area contributed by atoms with Crippen molar-refractivity contribution in [2.24, 2.45) is 5.41 Å². The second kappa shape index (κ2) is 9.47. The Kier molecular flexibility index (Phi) is 6.65. The molecule has 0 spiro atoms. The molecule has 0 bridgehead atoms. The lowest BCUT2D eigenvalue weighted by Gasteiger charge is -2.33. The summed E-state index contributed by atoms with van der Waals surface area (Å²) >= 11 is 1.59. The topological polar surface area (TPSA) is 88.3 Å². The number of benzene rings is 1. The molecule has 33 heavy (non-hydrogen) atoms. The van der Waals surface area contributed by atoms with Gasteiger partial charge in [-0.1, -0.05) is 50.2 Å². The maximum Gasteiger partial charge on any atom is 0.243 e. The van der Waals surface area contributed by atoms with Crippen molar-refractivity contribution in [3.05, 3.63) is 59.1 Å². The first-order valence-electron chi connectivity index (χ1n) is 11.2. The zero-order valence-corrected chi connectivity index (χ0v) is 20.3. The number of thiazole rings is 1. The van der Waals surface area contributed by atoms with E-state index < -0.39 is 12.0 Å². The van der Waals surface area contributed by atoms with Gasteiger partial charge in [0.05, 0.1) is 16.1 Å². The van der Waals surface area contributed by atoms with E-state index >= 15 is 0 Å². The van der Waals surface area contributed by atoms with Gasteiger partial charge >= 0.3 is 0 Å². The lowest BCUT2D eigenvalue weighted by Crippen LogP contribution is -2.48. The average molecular weight is 467 g/mol. The fraction of sp³-hybridized carbons (Fsp3) is 0.440. The zero-order valence-electron chi connectivity index (χ0n) is 19.5. The van der Waals surface area contributed by atoms with Gasteiger partial charge in [-0.3, -0.25) is 14.6 Å². The molecule has 3 aromatic rings. The van der Waals surface area contributed by atoms with Gasteiger partial charge in [-0.25, -0.2) is 0 Å². The van der Waals surface area contributed by atoms with Gasteiger partial charge in [0.25, 0.3) is 0 Å². The summed E-state index contributed by atoms with van der Waals surface area (Å²) in [7, 11) is 0. The number of hydrogen-bond acceptors (Lipinski definition) is 6. The number of likely N-dealkylation sites (tertiary alicyclic amines) is 1. The zero-order chi connectivity index (χ0) is 23.6. The molecule has 2 atom stereocenters. The molecule has 1 fully saturated rings. The minimum Gasteiger partial charge on any atom is -0.360 e. The average Bonchev–Trinajstić information content (AvgIpc) is 3.53. The molecule has 1 aliphatic heterocycles. The first-order valence-corrected chi connectivity index (χ1v) is 12.1. The summed E-state index contributed by atoms with van der Waals surface area (Å²) in [6, 6.07) is 9.43. The van der Waals surface area contributed by atoms with Crippen LogP contribution in [-0.4, -0.2) is 39.4 Å². The summed E-state index contributed by atoms with van der Waals surface area (Å²) in [5.41, 5.74) is 4.30. The normalized spacial score (nSPS) is 17.2. The minimum atomic E-state index is -0.494. The lowest BCUT2D eigenvalue weighted by atomic mass is 9.78. The van der Waals surface area contributed by atoms with E-state index in [2.05, 4.69) is 15.5 Å². The monoisotopic (exact) mass is 466 g/mol. The van der Waals surface area contributed by atoms with Crippen molar-refractivity contribution >= 4 is 23.2 Å². The second-order valence-corrected chi connectivity index (χ2v) is 10.5. The maximum atomic E-state index is 13.6. The van der Waals surface area contributed by atoms with Crippen molar-refractivity contribution in [3.8, 4) is 10.4 Å². The third kappa shape index (κ3) is 5.16. The molecule has 3 heterocycles. The van der Waals surface area contributed by atoms with Crippen LogP contribution < -0.4 is 5.32 Å². The van der Waals surface area contributed by atoms with Crippen molar-refractivity contribution in [3.63, 3.8) is 0 Å². The standard InChI is InChI=1S/C25H30N4O3S/c1-16-12-20(32-28-16)22(25(2,3)4)24(31)29-11-5-6-19(29)23(30)27-13-17-7-9-18(10-8-17)21-14-26-15-33-21/h7-10,12,14-15,19,22H,5-6,11,13H2,1-4H3,(H,27,30). The second-order valence-electron chi connectivity index (χ2n) is 9.64. The molecule has 1 saturated heterocycles. The van der Waals surface area contributed by atoms with Crippen LogP contribution >= 0.6 is 11.3 Å². The van der Waals surface area contributed by atoms with Crippen LogP contribution in [0, 0.1) is 12.3 Å². The highest BCUT2D eigenvalue weighted by Crippen LogP contribution is 2.38. The van der Waals surface area contributed by atoms with E-state index in [1.54, 1.807) is 16.2 Å². The summed E-state index contributed by atoms with van der Waals surface area (Å²) in [5, 5.41) is 6.99. The Balaban J connectivity index is 1.42. The molecule has 8 heteroatoms. The van der Waals surface area contributed by atoms with Crippen LogP contribution in [0.5, 0.6) is 0 Å². The number of carbonyl (C=O) groups is 2. The number of amides is 2. The SMILES string of the molecule is Cc1cc(C(C(=O)N2CCCC2C(=O)NCc2ccc(-c3cncs3)cc2)C(C)(C)C)on1. The fourth-order valence-corrected chi connectivity index (χ4v) is 4.99. The predicted octanol–water partition coefficient (Wildman–Crippen LogP) is 4.54. The Morgan fingerprint density at radius 3 is 2.64 bits per heavy atom. The maximum absolute atomic E-state index is 13.6. The number of aryl methyl sites for hydroxylation is 1. The summed E-state index contributed by atoms with van der Waals surface area (Å²) < 4.78 is 5.47. The van der Waals surface area contributed by atoms with E-state index in [0.717, 1.165) is 28.1 Å². The third-order valence-electron chi connectivity index (χ3n) is 6.02. The largest absolute Gasteiger partial charge is 0.360 e. The molecule has 174 valence electrons. The van der Waals surface area contributed by atoms with E-state index in [1.807, 2.05) is 69.7 Å². The molecule has 4 rings (SSSR count). The molecule has 1 aliphatic rings. The molecule has 0 saturated carbocycles. The fourth-order valence-electron chi connectivity index (χ4n) is 4.36. The number of rotatable bonds is 6. The molecular formula is C25H30N4O3S. The van der Waals surface area contributed by atoms with Gasteiger partial charge in [0.2, 0.25) is 11.8 Å². The number of hydrogen-bond donors (Lipinski definition) is 1. The van der Waals surface area contributed by atoms with Gasteiger partial charge in [-0.15, -0.1) is 11.3 Å². The van der Waals surface area contributed by atoms with Gasteiger partial charge in [-0.05, 0) is 36.3 Å². The molecule has 7 nitrogen and oxygen atoms in total. The third-order valence-corrected chi connectivity index (χ3v) is 6.84. The van der Waals surface area contributed by atoms with Crippen LogP contribution in [0.3, 0.4) is 0 Å². The molecular weight excluding hydrogens is 436 g/mol.